The normalized spacial score (nSPS) is 11.0. The number of pyridine rings is 1. The third kappa shape index (κ3) is 2.28. The molecule has 0 aliphatic rings. The van der Waals surface area contributed by atoms with Crippen LogP contribution in [0.1, 0.15) is 19.0 Å². The molecule has 0 spiro atoms. The van der Waals surface area contributed by atoms with Crippen molar-refractivity contribution in [3.8, 4) is 17.1 Å². The number of fused-ring (bicyclic) bond motifs is 1. The lowest BCUT2D eigenvalue weighted by molar-refractivity contribution is 0.320. The summed E-state index contributed by atoms with van der Waals surface area (Å²) in [6, 6.07) is 6.16. The predicted molar refractivity (Wildman–Crippen MR) is 82.8 cm³/mol. The second kappa shape index (κ2) is 5.67. The molecule has 0 unspecified atom stereocenters. The van der Waals surface area contributed by atoms with Gasteiger partial charge in [0.1, 0.15) is 17.3 Å². The van der Waals surface area contributed by atoms with Gasteiger partial charge in [0, 0.05) is 5.69 Å². The van der Waals surface area contributed by atoms with Gasteiger partial charge in [-0.2, -0.15) is 0 Å². The van der Waals surface area contributed by atoms with E-state index in [9.17, 15) is 9.18 Å². The minimum absolute atomic E-state index is 0.00870. The molecule has 0 aliphatic carbocycles. The van der Waals surface area contributed by atoms with Crippen LogP contribution in [-0.2, 0) is 0 Å². The van der Waals surface area contributed by atoms with Crippen LogP contribution in [0.5, 0.6) is 5.75 Å². The van der Waals surface area contributed by atoms with E-state index in [1.54, 1.807) is 19.1 Å². The van der Waals surface area contributed by atoms with Crippen LogP contribution in [0.15, 0.2) is 39.7 Å². The fourth-order valence-corrected chi connectivity index (χ4v) is 2.50. The van der Waals surface area contributed by atoms with Crippen molar-refractivity contribution in [1.82, 2.24) is 4.98 Å². The molecule has 0 atom stereocenters. The number of nitrogens with one attached hydrogen (secondary N) is 1. The van der Waals surface area contributed by atoms with Crippen LogP contribution in [0.4, 0.5) is 4.39 Å². The van der Waals surface area contributed by atoms with E-state index in [1.165, 1.54) is 18.4 Å². The highest BCUT2D eigenvalue weighted by atomic mass is 19.1. The highest BCUT2D eigenvalue weighted by Crippen LogP contribution is 2.28. The van der Waals surface area contributed by atoms with Crippen molar-refractivity contribution in [2.24, 2.45) is 0 Å². The van der Waals surface area contributed by atoms with E-state index in [4.69, 9.17) is 9.15 Å². The minimum atomic E-state index is -0.576. The van der Waals surface area contributed by atoms with Crippen LogP contribution in [0.2, 0.25) is 0 Å². The summed E-state index contributed by atoms with van der Waals surface area (Å²) in [5, 5.41) is -0.00870. The van der Waals surface area contributed by atoms with Crippen LogP contribution in [0, 0.1) is 12.7 Å². The van der Waals surface area contributed by atoms with E-state index in [-0.39, 0.29) is 5.39 Å². The van der Waals surface area contributed by atoms with Gasteiger partial charge in [-0.3, -0.25) is 4.79 Å². The third-order valence-electron chi connectivity index (χ3n) is 3.49. The molecule has 3 rings (SSSR count). The number of benzene rings is 1. The van der Waals surface area contributed by atoms with Gasteiger partial charge in [0.05, 0.1) is 29.3 Å². The van der Waals surface area contributed by atoms with Crippen LogP contribution < -0.4 is 10.2 Å². The molecule has 0 radical (unpaired) electrons. The summed E-state index contributed by atoms with van der Waals surface area (Å²) in [7, 11) is 0. The maximum atomic E-state index is 14.2. The number of H-pyrrole nitrogens is 1. The van der Waals surface area contributed by atoms with Crippen LogP contribution >= 0.6 is 0 Å². The number of hydrogen-bond donors (Lipinski definition) is 1. The lowest BCUT2D eigenvalue weighted by atomic mass is 10.1. The first-order valence-corrected chi connectivity index (χ1v) is 7.15. The highest BCUT2D eigenvalue weighted by molar-refractivity contribution is 5.88. The van der Waals surface area contributed by atoms with Crippen LogP contribution in [0.3, 0.4) is 0 Å². The van der Waals surface area contributed by atoms with Gasteiger partial charge < -0.3 is 14.1 Å². The number of aryl methyl sites for hydroxylation is 1. The number of halogens is 1. The number of aromatic amines is 1. The molecule has 0 amide bonds. The smallest absolute Gasteiger partial charge is 0.203 e. The Balaban J connectivity index is 2.32. The van der Waals surface area contributed by atoms with E-state index >= 15 is 0 Å². The molecule has 3 aromatic rings. The van der Waals surface area contributed by atoms with Gasteiger partial charge in [-0.25, -0.2) is 4.39 Å². The maximum absolute atomic E-state index is 14.2. The van der Waals surface area contributed by atoms with Gasteiger partial charge in [-0.05, 0) is 37.6 Å². The number of rotatable bonds is 4. The van der Waals surface area contributed by atoms with Crippen molar-refractivity contribution in [2.75, 3.05) is 6.61 Å². The molecular formula is C17H16FNO3. The molecule has 1 N–H and O–H groups in total. The molecule has 0 saturated heterocycles. The van der Waals surface area contributed by atoms with Gasteiger partial charge in [0.2, 0.25) is 5.43 Å². The fraction of sp³-hybridized carbons (Fsp3) is 0.235. The Morgan fingerprint density at radius 1 is 1.32 bits per heavy atom. The predicted octanol–water partition coefficient (Wildman–Crippen LogP) is 4.02. The van der Waals surface area contributed by atoms with E-state index in [2.05, 4.69) is 4.98 Å². The molecule has 0 fully saturated rings. The van der Waals surface area contributed by atoms with E-state index in [0.717, 1.165) is 6.42 Å². The summed E-state index contributed by atoms with van der Waals surface area (Å²) in [5.74, 6) is 0.317. The topological polar surface area (TPSA) is 55.2 Å². The van der Waals surface area contributed by atoms with Gasteiger partial charge in [0.15, 0.2) is 0 Å². The lowest BCUT2D eigenvalue weighted by Gasteiger charge is -2.11. The van der Waals surface area contributed by atoms with Crippen LogP contribution in [-0.4, -0.2) is 11.6 Å². The SMILES string of the molecule is CCCOc1ccc(F)c2c(=O)c(-c3ccco3)c(C)[nH]c12. The largest absolute Gasteiger partial charge is 0.491 e. The van der Waals surface area contributed by atoms with Crippen molar-refractivity contribution in [3.63, 3.8) is 0 Å². The van der Waals surface area contributed by atoms with Gasteiger partial charge >= 0.3 is 0 Å². The molecule has 0 saturated carbocycles. The lowest BCUT2D eigenvalue weighted by Crippen LogP contribution is -2.12. The molecule has 114 valence electrons. The van der Waals surface area contributed by atoms with Gasteiger partial charge in [-0.15, -0.1) is 0 Å². The number of hydrogen-bond acceptors (Lipinski definition) is 3. The molecule has 2 aromatic heterocycles. The molecule has 4 nitrogen and oxygen atoms in total. The Hall–Kier alpha value is -2.56. The highest BCUT2D eigenvalue weighted by Gasteiger charge is 2.18. The van der Waals surface area contributed by atoms with Crippen molar-refractivity contribution in [1.29, 1.82) is 0 Å². The average molecular weight is 301 g/mol. The summed E-state index contributed by atoms with van der Waals surface area (Å²) in [4.78, 5) is 15.8. The summed E-state index contributed by atoms with van der Waals surface area (Å²) in [6.07, 6.45) is 2.31. The van der Waals surface area contributed by atoms with Crippen LogP contribution in [0.25, 0.3) is 22.2 Å². The first-order chi connectivity index (χ1) is 10.6. The Labute approximate surface area is 126 Å². The zero-order valence-corrected chi connectivity index (χ0v) is 12.4. The van der Waals surface area contributed by atoms with E-state index in [0.29, 0.717) is 34.9 Å². The summed E-state index contributed by atoms with van der Waals surface area (Å²) >= 11 is 0. The minimum Gasteiger partial charge on any atom is -0.491 e. The Bertz CT molecular complexity index is 866. The maximum Gasteiger partial charge on any atom is 0.203 e. The number of aromatic nitrogens is 1. The molecule has 2 heterocycles. The van der Waals surface area contributed by atoms with Crippen molar-refractivity contribution >= 4 is 10.9 Å². The van der Waals surface area contributed by atoms with Crippen molar-refractivity contribution < 1.29 is 13.5 Å². The number of furan rings is 1. The Kier molecular flexibility index (Phi) is 3.71. The Morgan fingerprint density at radius 2 is 2.14 bits per heavy atom. The molecule has 0 bridgehead atoms. The quantitative estimate of drug-likeness (QED) is 0.791. The van der Waals surface area contributed by atoms with Crippen molar-refractivity contribution in [3.05, 3.63) is 52.3 Å². The second-order valence-corrected chi connectivity index (χ2v) is 5.08. The third-order valence-corrected chi connectivity index (χ3v) is 3.49. The fourth-order valence-electron chi connectivity index (χ4n) is 2.50. The summed E-state index contributed by atoms with van der Waals surface area (Å²) in [5.41, 5.74) is 0.926. The zero-order valence-electron chi connectivity index (χ0n) is 12.4. The molecule has 22 heavy (non-hydrogen) atoms. The molecule has 1 aromatic carbocycles. The Morgan fingerprint density at radius 3 is 2.82 bits per heavy atom. The monoisotopic (exact) mass is 301 g/mol. The van der Waals surface area contributed by atoms with Gasteiger partial charge in [-0.1, -0.05) is 6.92 Å². The zero-order chi connectivity index (χ0) is 15.7. The van der Waals surface area contributed by atoms with E-state index < -0.39 is 11.2 Å². The first kappa shape index (κ1) is 14.4. The molecular weight excluding hydrogens is 285 g/mol. The molecule has 0 aliphatic heterocycles. The second-order valence-electron chi connectivity index (χ2n) is 5.08. The number of ether oxygens (including phenoxy) is 1. The summed E-state index contributed by atoms with van der Waals surface area (Å²) < 4.78 is 25.1. The first-order valence-electron chi connectivity index (χ1n) is 7.15. The average Bonchev–Trinajstić information content (AvgIpc) is 3.00. The van der Waals surface area contributed by atoms with E-state index in [1.807, 2.05) is 6.92 Å². The summed E-state index contributed by atoms with van der Waals surface area (Å²) in [6.45, 7) is 4.24. The van der Waals surface area contributed by atoms with Crippen molar-refractivity contribution in [2.45, 2.75) is 20.3 Å². The molecule has 5 heteroatoms. The standard InChI is InChI=1S/C17H16FNO3/c1-3-8-21-13-7-6-11(18)15-16(13)19-10(2)14(17(15)20)12-5-4-9-22-12/h4-7,9H,3,8H2,1-2H3,(H,19,20). The van der Waals surface area contributed by atoms with Gasteiger partial charge in [0.25, 0.3) is 0 Å².